The molecular formula is C15H20N2O. The predicted octanol–water partition coefficient (Wildman–Crippen LogP) is 2.01. The maximum Gasteiger partial charge on any atom is 0.239 e. The molecule has 0 radical (unpaired) electrons. The lowest BCUT2D eigenvalue weighted by Gasteiger charge is -2.39. The van der Waals surface area contributed by atoms with Crippen molar-refractivity contribution in [3.63, 3.8) is 0 Å². The molecule has 1 heterocycles. The van der Waals surface area contributed by atoms with Gasteiger partial charge in [-0.3, -0.25) is 4.79 Å². The summed E-state index contributed by atoms with van der Waals surface area (Å²) in [5, 5.41) is 0. The van der Waals surface area contributed by atoms with Gasteiger partial charge in [0.05, 0.1) is 12.1 Å². The van der Waals surface area contributed by atoms with Crippen LogP contribution in [-0.2, 0) is 11.2 Å². The Labute approximate surface area is 108 Å². The van der Waals surface area contributed by atoms with Gasteiger partial charge in [0.25, 0.3) is 0 Å². The van der Waals surface area contributed by atoms with Crippen molar-refractivity contribution in [1.29, 1.82) is 0 Å². The first-order chi connectivity index (χ1) is 8.77. The van der Waals surface area contributed by atoms with E-state index in [1.54, 1.807) is 0 Å². The van der Waals surface area contributed by atoms with E-state index < -0.39 is 0 Å². The summed E-state index contributed by atoms with van der Waals surface area (Å²) in [6.07, 6.45) is 5.26. The highest BCUT2D eigenvalue weighted by atomic mass is 16.2. The molecule has 3 nitrogen and oxygen atoms in total. The van der Waals surface area contributed by atoms with Crippen molar-refractivity contribution in [3.05, 3.63) is 35.4 Å². The minimum atomic E-state index is -0.284. The molecule has 0 spiro atoms. The van der Waals surface area contributed by atoms with Crippen molar-refractivity contribution < 1.29 is 4.79 Å². The number of likely N-dealkylation sites (tertiary alicyclic amines) is 1. The normalized spacial score (nSPS) is 28.1. The lowest BCUT2D eigenvalue weighted by atomic mass is 9.85. The van der Waals surface area contributed by atoms with Gasteiger partial charge in [-0.05, 0) is 43.2 Å². The Morgan fingerprint density at radius 1 is 1.17 bits per heavy atom. The maximum absolute atomic E-state index is 12.2. The summed E-state index contributed by atoms with van der Waals surface area (Å²) in [6.45, 7) is 0.867. The van der Waals surface area contributed by atoms with Crippen LogP contribution in [0.1, 0.15) is 42.9 Å². The van der Waals surface area contributed by atoms with Crippen molar-refractivity contribution in [2.24, 2.45) is 5.73 Å². The van der Waals surface area contributed by atoms with E-state index >= 15 is 0 Å². The standard InChI is InChI=1S/C15H20N2O/c16-13-8-4-10-17(15(13)18)14-9-3-6-11-5-1-2-7-12(11)14/h1-2,5,7,13-14H,3-4,6,8-10,16H2. The summed E-state index contributed by atoms with van der Waals surface area (Å²) in [4.78, 5) is 14.3. The van der Waals surface area contributed by atoms with E-state index in [4.69, 9.17) is 5.73 Å². The van der Waals surface area contributed by atoms with Gasteiger partial charge in [-0.1, -0.05) is 24.3 Å². The van der Waals surface area contributed by atoms with E-state index in [9.17, 15) is 4.79 Å². The summed E-state index contributed by atoms with van der Waals surface area (Å²) in [5.41, 5.74) is 8.65. The van der Waals surface area contributed by atoms with Crippen LogP contribution in [0.5, 0.6) is 0 Å². The number of aryl methyl sites for hydroxylation is 1. The van der Waals surface area contributed by atoms with E-state index in [2.05, 4.69) is 24.3 Å². The lowest BCUT2D eigenvalue weighted by molar-refractivity contribution is -0.138. The summed E-state index contributed by atoms with van der Waals surface area (Å²) in [5.74, 6) is 0.142. The number of nitrogens with zero attached hydrogens (tertiary/aromatic N) is 1. The van der Waals surface area contributed by atoms with Gasteiger partial charge in [0.2, 0.25) is 5.91 Å². The Bertz CT molecular complexity index is 458. The average molecular weight is 244 g/mol. The van der Waals surface area contributed by atoms with Crippen LogP contribution in [0.15, 0.2) is 24.3 Å². The molecule has 1 amide bonds. The number of amides is 1. The molecule has 1 saturated heterocycles. The Balaban J connectivity index is 1.91. The Morgan fingerprint density at radius 2 is 2.00 bits per heavy atom. The van der Waals surface area contributed by atoms with Crippen molar-refractivity contribution >= 4 is 5.91 Å². The first kappa shape index (κ1) is 11.7. The molecule has 2 atom stereocenters. The minimum absolute atomic E-state index is 0.142. The number of nitrogens with two attached hydrogens (primary N) is 1. The van der Waals surface area contributed by atoms with E-state index in [1.165, 1.54) is 17.5 Å². The molecular weight excluding hydrogens is 224 g/mol. The summed E-state index contributed by atoms with van der Waals surface area (Å²) in [6, 6.07) is 8.50. The highest BCUT2D eigenvalue weighted by Gasteiger charge is 2.33. The van der Waals surface area contributed by atoms with E-state index in [0.29, 0.717) is 0 Å². The van der Waals surface area contributed by atoms with Gasteiger partial charge < -0.3 is 10.6 Å². The second-order valence-corrected chi connectivity index (χ2v) is 5.39. The third kappa shape index (κ3) is 1.93. The van der Waals surface area contributed by atoms with Gasteiger partial charge in [0.1, 0.15) is 0 Å². The van der Waals surface area contributed by atoms with Crippen LogP contribution in [0, 0.1) is 0 Å². The summed E-state index contributed by atoms with van der Waals surface area (Å²) >= 11 is 0. The number of hydrogen-bond donors (Lipinski definition) is 1. The first-order valence-corrected chi connectivity index (χ1v) is 6.91. The zero-order chi connectivity index (χ0) is 12.5. The number of hydrogen-bond acceptors (Lipinski definition) is 2. The zero-order valence-corrected chi connectivity index (χ0v) is 10.6. The van der Waals surface area contributed by atoms with Gasteiger partial charge >= 0.3 is 0 Å². The highest BCUT2D eigenvalue weighted by Crippen LogP contribution is 2.35. The molecule has 3 heteroatoms. The third-order valence-electron chi connectivity index (χ3n) is 4.23. The Morgan fingerprint density at radius 3 is 2.89 bits per heavy atom. The van der Waals surface area contributed by atoms with Crippen molar-refractivity contribution in [2.75, 3.05) is 6.54 Å². The number of fused-ring (bicyclic) bond motifs is 1. The molecule has 0 bridgehead atoms. The first-order valence-electron chi connectivity index (χ1n) is 6.91. The molecule has 1 aromatic carbocycles. The molecule has 1 fully saturated rings. The number of rotatable bonds is 1. The number of piperidine rings is 1. The maximum atomic E-state index is 12.2. The molecule has 96 valence electrons. The number of carbonyl (C=O) groups excluding carboxylic acids is 1. The molecule has 3 rings (SSSR count). The van der Waals surface area contributed by atoms with Crippen LogP contribution in [0.3, 0.4) is 0 Å². The van der Waals surface area contributed by atoms with Crippen LogP contribution in [0.2, 0.25) is 0 Å². The van der Waals surface area contributed by atoms with Gasteiger partial charge in [-0.15, -0.1) is 0 Å². The molecule has 1 aromatic rings. The zero-order valence-electron chi connectivity index (χ0n) is 10.6. The van der Waals surface area contributed by atoms with Crippen LogP contribution in [0.4, 0.5) is 0 Å². The Hall–Kier alpha value is -1.35. The Kier molecular flexibility index (Phi) is 3.08. The molecule has 2 aliphatic rings. The fourth-order valence-electron chi connectivity index (χ4n) is 3.29. The largest absolute Gasteiger partial charge is 0.334 e. The van der Waals surface area contributed by atoms with Crippen molar-refractivity contribution in [3.8, 4) is 0 Å². The molecule has 0 saturated carbocycles. The van der Waals surface area contributed by atoms with Crippen LogP contribution >= 0.6 is 0 Å². The highest BCUT2D eigenvalue weighted by molar-refractivity contribution is 5.82. The van der Waals surface area contributed by atoms with E-state index in [-0.39, 0.29) is 18.0 Å². The lowest BCUT2D eigenvalue weighted by Crippen LogP contribution is -2.50. The van der Waals surface area contributed by atoms with E-state index in [0.717, 1.165) is 32.2 Å². The molecule has 2 unspecified atom stereocenters. The van der Waals surface area contributed by atoms with Crippen LogP contribution < -0.4 is 5.73 Å². The smallest absolute Gasteiger partial charge is 0.239 e. The van der Waals surface area contributed by atoms with Crippen molar-refractivity contribution in [1.82, 2.24) is 4.90 Å². The molecule has 2 N–H and O–H groups in total. The van der Waals surface area contributed by atoms with Gasteiger partial charge in [-0.25, -0.2) is 0 Å². The predicted molar refractivity (Wildman–Crippen MR) is 71.0 cm³/mol. The topological polar surface area (TPSA) is 46.3 Å². The quantitative estimate of drug-likeness (QED) is 0.821. The molecule has 0 aromatic heterocycles. The second-order valence-electron chi connectivity index (χ2n) is 5.39. The third-order valence-corrected chi connectivity index (χ3v) is 4.23. The molecule has 18 heavy (non-hydrogen) atoms. The monoisotopic (exact) mass is 244 g/mol. The molecule has 1 aliphatic heterocycles. The van der Waals surface area contributed by atoms with Gasteiger partial charge in [-0.2, -0.15) is 0 Å². The van der Waals surface area contributed by atoms with Crippen molar-refractivity contribution in [2.45, 2.75) is 44.2 Å². The minimum Gasteiger partial charge on any atom is -0.334 e. The number of benzene rings is 1. The van der Waals surface area contributed by atoms with E-state index in [1.807, 2.05) is 4.90 Å². The van der Waals surface area contributed by atoms with Gasteiger partial charge in [0, 0.05) is 6.54 Å². The molecule has 1 aliphatic carbocycles. The average Bonchev–Trinajstić information content (AvgIpc) is 2.41. The second kappa shape index (κ2) is 4.73. The van der Waals surface area contributed by atoms with Crippen LogP contribution in [0.25, 0.3) is 0 Å². The SMILES string of the molecule is NC1CCCN(C2CCCc3ccccc32)C1=O. The summed E-state index contributed by atoms with van der Waals surface area (Å²) < 4.78 is 0. The fourth-order valence-corrected chi connectivity index (χ4v) is 3.29. The summed E-state index contributed by atoms with van der Waals surface area (Å²) in [7, 11) is 0. The fraction of sp³-hybridized carbons (Fsp3) is 0.533. The van der Waals surface area contributed by atoms with Gasteiger partial charge in [0.15, 0.2) is 0 Å². The number of carbonyl (C=O) groups is 1. The van der Waals surface area contributed by atoms with Crippen LogP contribution in [-0.4, -0.2) is 23.4 Å².